The first-order valence-corrected chi connectivity index (χ1v) is 11.7. The lowest BCUT2D eigenvalue weighted by Crippen LogP contribution is -2.45. The van der Waals surface area contributed by atoms with Gasteiger partial charge in [-0.05, 0) is 48.7 Å². The van der Waals surface area contributed by atoms with E-state index in [-0.39, 0.29) is 16.9 Å². The lowest BCUT2D eigenvalue weighted by atomic mass is 10.1. The monoisotopic (exact) mass is 465 g/mol. The van der Waals surface area contributed by atoms with Crippen molar-refractivity contribution in [1.29, 1.82) is 0 Å². The van der Waals surface area contributed by atoms with Crippen LogP contribution in [0.3, 0.4) is 0 Å². The van der Waals surface area contributed by atoms with Gasteiger partial charge < -0.3 is 9.73 Å². The standard InChI is InChI=1S/C24H23N3O5S/c1-16-7-6-10-18(13-16)25-23(28)20(14-17-8-4-3-5-9-17)26-33(30,31)19-11-12-21-22(15-19)32-24(29)27(21)2/h3-13,15,20,26H,14H2,1-2H3,(H,25,28). The lowest BCUT2D eigenvalue weighted by Gasteiger charge is -2.19. The normalized spacial score (nSPS) is 12.5. The highest BCUT2D eigenvalue weighted by atomic mass is 32.2. The number of benzene rings is 3. The first-order valence-electron chi connectivity index (χ1n) is 10.3. The van der Waals surface area contributed by atoms with Crippen LogP contribution in [0.2, 0.25) is 0 Å². The number of nitrogens with zero attached hydrogens (tertiary/aromatic N) is 1. The molecule has 1 heterocycles. The molecule has 0 spiro atoms. The van der Waals surface area contributed by atoms with E-state index in [1.54, 1.807) is 12.1 Å². The Morgan fingerprint density at radius 1 is 1.03 bits per heavy atom. The molecule has 0 aliphatic carbocycles. The summed E-state index contributed by atoms with van der Waals surface area (Å²) in [4.78, 5) is 24.7. The second-order valence-corrected chi connectivity index (χ2v) is 9.49. The number of nitrogens with one attached hydrogen (secondary N) is 2. The number of rotatable bonds is 7. The van der Waals surface area contributed by atoms with Gasteiger partial charge in [-0.1, -0.05) is 42.5 Å². The van der Waals surface area contributed by atoms with Crippen molar-refractivity contribution in [1.82, 2.24) is 9.29 Å². The molecule has 1 amide bonds. The molecule has 3 aromatic carbocycles. The molecule has 0 aliphatic heterocycles. The van der Waals surface area contributed by atoms with Gasteiger partial charge in [0.25, 0.3) is 0 Å². The van der Waals surface area contributed by atoms with E-state index >= 15 is 0 Å². The second-order valence-electron chi connectivity index (χ2n) is 7.78. The van der Waals surface area contributed by atoms with Crippen LogP contribution < -0.4 is 15.8 Å². The van der Waals surface area contributed by atoms with Crippen molar-refractivity contribution in [3.05, 3.63) is 94.5 Å². The zero-order valence-electron chi connectivity index (χ0n) is 18.1. The fraction of sp³-hybridized carbons (Fsp3) is 0.167. The number of aryl methyl sites for hydroxylation is 2. The third kappa shape index (κ3) is 5.05. The van der Waals surface area contributed by atoms with Crippen molar-refractivity contribution in [2.24, 2.45) is 7.05 Å². The molecular weight excluding hydrogens is 442 g/mol. The fourth-order valence-corrected chi connectivity index (χ4v) is 4.74. The largest absolute Gasteiger partial charge is 0.419 e. The number of oxazole rings is 1. The van der Waals surface area contributed by atoms with E-state index in [4.69, 9.17) is 4.42 Å². The molecule has 0 saturated carbocycles. The Morgan fingerprint density at radius 3 is 2.52 bits per heavy atom. The molecule has 1 aromatic heterocycles. The molecule has 33 heavy (non-hydrogen) atoms. The highest BCUT2D eigenvalue weighted by molar-refractivity contribution is 7.89. The van der Waals surface area contributed by atoms with Crippen LogP contribution in [0.5, 0.6) is 0 Å². The maximum atomic E-state index is 13.2. The number of fused-ring (bicyclic) bond motifs is 1. The summed E-state index contributed by atoms with van der Waals surface area (Å²) in [6.45, 7) is 1.90. The van der Waals surface area contributed by atoms with Gasteiger partial charge in [0.15, 0.2) is 5.58 Å². The summed E-state index contributed by atoms with van der Waals surface area (Å²) in [7, 11) is -2.57. The number of hydrogen-bond acceptors (Lipinski definition) is 5. The van der Waals surface area contributed by atoms with Crippen LogP contribution in [-0.2, 0) is 28.3 Å². The average molecular weight is 466 g/mol. The van der Waals surface area contributed by atoms with Gasteiger partial charge in [-0.3, -0.25) is 9.36 Å². The summed E-state index contributed by atoms with van der Waals surface area (Å²) in [5.74, 6) is -1.08. The molecule has 4 aromatic rings. The SMILES string of the molecule is Cc1cccc(NC(=O)C(Cc2ccccc2)NS(=O)(=O)c2ccc3c(c2)oc(=O)n3C)c1. The van der Waals surface area contributed by atoms with Crippen LogP contribution in [-0.4, -0.2) is 24.9 Å². The van der Waals surface area contributed by atoms with Crippen LogP contribution in [0.1, 0.15) is 11.1 Å². The number of amides is 1. The minimum Gasteiger partial charge on any atom is -0.408 e. The Labute approximate surface area is 190 Å². The zero-order chi connectivity index (χ0) is 23.6. The molecule has 0 saturated heterocycles. The molecule has 9 heteroatoms. The number of anilines is 1. The van der Waals surface area contributed by atoms with Gasteiger partial charge in [0.05, 0.1) is 10.4 Å². The fourth-order valence-electron chi connectivity index (χ4n) is 3.53. The molecule has 2 N–H and O–H groups in total. The summed E-state index contributed by atoms with van der Waals surface area (Å²) in [5, 5.41) is 2.79. The zero-order valence-corrected chi connectivity index (χ0v) is 18.9. The molecular formula is C24H23N3O5S. The molecule has 0 aliphatic rings. The average Bonchev–Trinajstić information content (AvgIpc) is 3.07. The number of aromatic nitrogens is 1. The van der Waals surface area contributed by atoms with Gasteiger partial charge in [-0.2, -0.15) is 4.72 Å². The topological polar surface area (TPSA) is 110 Å². The maximum absolute atomic E-state index is 13.2. The maximum Gasteiger partial charge on any atom is 0.419 e. The number of carbonyl (C=O) groups excluding carboxylic acids is 1. The van der Waals surface area contributed by atoms with Crippen LogP contribution in [0.4, 0.5) is 5.69 Å². The Bertz CT molecular complexity index is 1470. The summed E-state index contributed by atoms with van der Waals surface area (Å²) >= 11 is 0. The van der Waals surface area contributed by atoms with E-state index in [0.29, 0.717) is 11.2 Å². The minimum atomic E-state index is -4.10. The van der Waals surface area contributed by atoms with Gasteiger partial charge in [0, 0.05) is 18.8 Å². The van der Waals surface area contributed by atoms with Crippen molar-refractivity contribution < 1.29 is 17.6 Å². The third-order valence-electron chi connectivity index (χ3n) is 5.26. The molecule has 170 valence electrons. The number of carbonyl (C=O) groups is 1. The van der Waals surface area contributed by atoms with Crippen molar-refractivity contribution in [2.45, 2.75) is 24.3 Å². The van der Waals surface area contributed by atoms with E-state index in [9.17, 15) is 18.0 Å². The molecule has 0 fully saturated rings. The van der Waals surface area contributed by atoms with Crippen LogP contribution in [0, 0.1) is 6.92 Å². The molecule has 0 bridgehead atoms. The van der Waals surface area contributed by atoms with Gasteiger partial charge in [-0.15, -0.1) is 0 Å². The molecule has 4 rings (SSSR count). The van der Waals surface area contributed by atoms with E-state index in [1.807, 2.05) is 49.4 Å². The lowest BCUT2D eigenvalue weighted by molar-refractivity contribution is -0.117. The van der Waals surface area contributed by atoms with Crippen LogP contribution >= 0.6 is 0 Å². The van der Waals surface area contributed by atoms with Crippen molar-refractivity contribution in [3.63, 3.8) is 0 Å². The van der Waals surface area contributed by atoms with E-state index in [2.05, 4.69) is 10.0 Å². The van der Waals surface area contributed by atoms with E-state index in [1.165, 1.54) is 29.8 Å². The predicted molar refractivity (Wildman–Crippen MR) is 126 cm³/mol. The van der Waals surface area contributed by atoms with Gasteiger partial charge >= 0.3 is 5.76 Å². The van der Waals surface area contributed by atoms with E-state index in [0.717, 1.165) is 11.1 Å². The summed E-state index contributed by atoms with van der Waals surface area (Å²) in [5.41, 5.74) is 2.95. The summed E-state index contributed by atoms with van der Waals surface area (Å²) < 4.78 is 35.2. The first kappa shape index (κ1) is 22.5. The Balaban J connectivity index is 1.64. The summed E-state index contributed by atoms with van der Waals surface area (Å²) in [6, 6.07) is 19.5. The number of sulfonamides is 1. The van der Waals surface area contributed by atoms with Crippen molar-refractivity contribution in [3.8, 4) is 0 Å². The van der Waals surface area contributed by atoms with Crippen LogP contribution in [0.25, 0.3) is 11.1 Å². The van der Waals surface area contributed by atoms with Crippen molar-refractivity contribution >= 4 is 32.7 Å². The highest BCUT2D eigenvalue weighted by Crippen LogP contribution is 2.19. The number of hydrogen-bond donors (Lipinski definition) is 2. The highest BCUT2D eigenvalue weighted by Gasteiger charge is 2.27. The van der Waals surface area contributed by atoms with Gasteiger partial charge in [-0.25, -0.2) is 13.2 Å². The minimum absolute atomic E-state index is 0.106. The molecule has 1 unspecified atom stereocenters. The summed E-state index contributed by atoms with van der Waals surface area (Å²) in [6.07, 6.45) is 0.153. The third-order valence-corrected chi connectivity index (χ3v) is 6.73. The second kappa shape index (κ2) is 9.05. The Morgan fingerprint density at radius 2 is 1.79 bits per heavy atom. The quantitative estimate of drug-likeness (QED) is 0.436. The van der Waals surface area contributed by atoms with Crippen molar-refractivity contribution in [2.75, 3.05) is 5.32 Å². The molecule has 0 radical (unpaired) electrons. The first-order chi connectivity index (χ1) is 15.7. The molecule has 1 atom stereocenters. The molecule has 8 nitrogen and oxygen atoms in total. The van der Waals surface area contributed by atoms with Gasteiger partial charge in [0.2, 0.25) is 15.9 Å². The van der Waals surface area contributed by atoms with Gasteiger partial charge in [0.1, 0.15) is 6.04 Å². The van der Waals surface area contributed by atoms with E-state index < -0.39 is 27.7 Å². The van der Waals surface area contributed by atoms with Crippen LogP contribution in [0.15, 0.2) is 86.9 Å². The predicted octanol–water partition coefficient (Wildman–Crippen LogP) is 2.97. The Hall–Kier alpha value is -3.69. The Kier molecular flexibility index (Phi) is 6.17. The smallest absolute Gasteiger partial charge is 0.408 e.